The average Bonchev–Trinajstić information content (AvgIpc) is 2.84. The van der Waals surface area contributed by atoms with Crippen LogP contribution in [0.2, 0.25) is 0 Å². The summed E-state index contributed by atoms with van der Waals surface area (Å²) in [6.45, 7) is 3.09. The van der Waals surface area contributed by atoms with Crippen LogP contribution in [-0.2, 0) is 13.5 Å². The summed E-state index contributed by atoms with van der Waals surface area (Å²) in [6, 6.07) is 9.06. The van der Waals surface area contributed by atoms with Crippen LogP contribution in [0.3, 0.4) is 0 Å². The lowest BCUT2D eigenvalue weighted by molar-refractivity contribution is 0.564. The van der Waals surface area contributed by atoms with E-state index in [1.54, 1.807) is 18.1 Å². The van der Waals surface area contributed by atoms with Crippen molar-refractivity contribution in [3.8, 4) is 0 Å². The second-order valence-corrected chi connectivity index (χ2v) is 5.44. The molecule has 0 fully saturated rings. The highest BCUT2D eigenvalue weighted by molar-refractivity contribution is 7.98. The van der Waals surface area contributed by atoms with E-state index in [1.807, 2.05) is 11.6 Å². The topological polar surface area (TPSA) is 42.7 Å². The van der Waals surface area contributed by atoms with Crippen LogP contribution in [0.25, 0.3) is 0 Å². The van der Waals surface area contributed by atoms with Gasteiger partial charge in [-0.05, 0) is 30.9 Å². The summed E-state index contributed by atoms with van der Waals surface area (Å²) in [5, 5.41) is 11.5. The number of hydrogen-bond acceptors (Lipinski definition) is 4. The fraction of sp³-hybridized carbons (Fsp3) is 0.429. The van der Waals surface area contributed by atoms with E-state index < -0.39 is 0 Å². The third-order valence-electron chi connectivity index (χ3n) is 3.22. The monoisotopic (exact) mass is 276 g/mol. The van der Waals surface area contributed by atoms with E-state index in [9.17, 15) is 0 Å². The molecule has 0 saturated carbocycles. The molecule has 1 unspecified atom stereocenters. The lowest BCUT2D eigenvalue weighted by Gasteiger charge is -2.14. The molecule has 1 atom stereocenters. The van der Waals surface area contributed by atoms with Crippen LogP contribution in [-0.4, -0.2) is 27.6 Å². The van der Waals surface area contributed by atoms with Crippen molar-refractivity contribution in [2.45, 2.75) is 24.3 Å². The molecule has 1 N–H and O–H groups in total. The van der Waals surface area contributed by atoms with Crippen LogP contribution in [0.1, 0.15) is 24.4 Å². The highest BCUT2D eigenvalue weighted by Gasteiger charge is 2.06. The highest BCUT2D eigenvalue weighted by atomic mass is 32.2. The number of hydrogen-bond donors (Lipinski definition) is 1. The van der Waals surface area contributed by atoms with Gasteiger partial charge in [0.25, 0.3) is 0 Å². The first-order valence-corrected chi connectivity index (χ1v) is 7.63. The zero-order valence-electron chi connectivity index (χ0n) is 11.6. The largest absolute Gasteiger partial charge is 0.321 e. The normalized spacial score (nSPS) is 12.6. The molecular formula is C14H20N4S. The van der Waals surface area contributed by atoms with Gasteiger partial charge >= 0.3 is 0 Å². The van der Waals surface area contributed by atoms with Crippen molar-refractivity contribution in [1.82, 2.24) is 20.1 Å². The van der Waals surface area contributed by atoms with E-state index in [4.69, 9.17) is 0 Å². The Kier molecular flexibility index (Phi) is 4.99. The fourth-order valence-electron chi connectivity index (χ4n) is 1.94. The summed E-state index contributed by atoms with van der Waals surface area (Å²) in [7, 11) is 1.97. The maximum absolute atomic E-state index is 4.08. The molecule has 4 nitrogen and oxygen atoms in total. The fourth-order valence-corrected chi connectivity index (χ4v) is 2.35. The molecule has 5 heteroatoms. The second-order valence-electron chi connectivity index (χ2n) is 4.56. The van der Waals surface area contributed by atoms with Crippen molar-refractivity contribution in [2.75, 3.05) is 12.8 Å². The van der Waals surface area contributed by atoms with Gasteiger partial charge < -0.3 is 9.88 Å². The van der Waals surface area contributed by atoms with Crippen LogP contribution >= 0.6 is 11.8 Å². The van der Waals surface area contributed by atoms with Crippen molar-refractivity contribution < 1.29 is 0 Å². The van der Waals surface area contributed by atoms with Crippen LogP contribution in [0.5, 0.6) is 0 Å². The third-order valence-corrected chi connectivity index (χ3v) is 3.96. The molecule has 0 spiro atoms. The zero-order chi connectivity index (χ0) is 13.7. The Morgan fingerprint density at radius 1 is 1.32 bits per heavy atom. The number of rotatable bonds is 6. The molecule has 0 aliphatic heterocycles. The van der Waals surface area contributed by atoms with E-state index in [0.29, 0.717) is 6.04 Å². The van der Waals surface area contributed by atoms with Gasteiger partial charge in [0.1, 0.15) is 12.2 Å². The molecule has 102 valence electrons. The van der Waals surface area contributed by atoms with Crippen LogP contribution in [0.4, 0.5) is 0 Å². The third kappa shape index (κ3) is 3.81. The van der Waals surface area contributed by atoms with Crippen molar-refractivity contribution in [3.63, 3.8) is 0 Å². The van der Waals surface area contributed by atoms with Gasteiger partial charge in [0.2, 0.25) is 0 Å². The molecular weight excluding hydrogens is 256 g/mol. The van der Waals surface area contributed by atoms with Gasteiger partial charge in [0.15, 0.2) is 0 Å². The van der Waals surface area contributed by atoms with Gasteiger partial charge in [0, 0.05) is 31.0 Å². The first kappa shape index (κ1) is 14.1. The average molecular weight is 276 g/mol. The standard InChI is InChI=1S/C14H20N4S/c1-11(12-4-6-13(19-3)7-5-12)15-9-8-14-17-16-10-18(14)2/h4-7,10-11,15H,8-9H2,1-3H3. The van der Waals surface area contributed by atoms with Gasteiger partial charge in [0.05, 0.1) is 0 Å². The minimum atomic E-state index is 0.351. The lowest BCUT2D eigenvalue weighted by Crippen LogP contribution is -2.22. The molecule has 0 bridgehead atoms. The molecule has 0 saturated heterocycles. The molecule has 2 rings (SSSR count). The predicted molar refractivity (Wildman–Crippen MR) is 79.3 cm³/mol. The molecule has 0 amide bonds. The smallest absolute Gasteiger partial charge is 0.133 e. The van der Waals surface area contributed by atoms with Gasteiger partial charge in [-0.25, -0.2) is 0 Å². The Hall–Kier alpha value is -1.33. The van der Waals surface area contributed by atoms with Crippen LogP contribution < -0.4 is 5.32 Å². The number of nitrogens with one attached hydrogen (secondary N) is 1. The Morgan fingerprint density at radius 3 is 2.63 bits per heavy atom. The molecule has 0 aliphatic rings. The lowest BCUT2D eigenvalue weighted by atomic mass is 10.1. The minimum absolute atomic E-state index is 0.351. The number of benzene rings is 1. The van der Waals surface area contributed by atoms with Gasteiger partial charge in [-0.15, -0.1) is 22.0 Å². The van der Waals surface area contributed by atoms with Crippen molar-refractivity contribution >= 4 is 11.8 Å². The molecule has 0 radical (unpaired) electrons. The first-order chi connectivity index (χ1) is 9.20. The number of thioether (sulfide) groups is 1. The Balaban J connectivity index is 1.83. The van der Waals surface area contributed by atoms with E-state index in [1.165, 1.54) is 10.5 Å². The van der Waals surface area contributed by atoms with Crippen molar-refractivity contribution in [1.29, 1.82) is 0 Å². The van der Waals surface area contributed by atoms with Crippen molar-refractivity contribution in [2.24, 2.45) is 7.05 Å². The summed E-state index contributed by atoms with van der Waals surface area (Å²) in [5.74, 6) is 1.01. The Labute approximate surface area is 118 Å². The minimum Gasteiger partial charge on any atom is -0.321 e. The summed E-state index contributed by atoms with van der Waals surface area (Å²) in [5.41, 5.74) is 1.32. The number of aryl methyl sites for hydroxylation is 1. The molecule has 1 aromatic heterocycles. The summed E-state index contributed by atoms with van der Waals surface area (Å²) in [6.07, 6.45) is 4.72. The molecule has 0 aliphatic carbocycles. The maximum atomic E-state index is 4.08. The van der Waals surface area contributed by atoms with Crippen LogP contribution in [0, 0.1) is 0 Å². The van der Waals surface area contributed by atoms with Gasteiger partial charge in [-0.2, -0.15) is 0 Å². The molecule has 1 aromatic carbocycles. The molecule has 19 heavy (non-hydrogen) atoms. The quantitative estimate of drug-likeness (QED) is 0.823. The Morgan fingerprint density at radius 2 is 2.05 bits per heavy atom. The maximum Gasteiger partial charge on any atom is 0.133 e. The van der Waals surface area contributed by atoms with Crippen LogP contribution in [0.15, 0.2) is 35.5 Å². The van der Waals surface area contributed by atoms with Gasteiger partial charge in [-0.3, -0.25) is 0 Å². The van der Waals surface area contributed by atoms with E-state index in [0.717, 1.165) is 18.8 Å². The number of nitrogens with zero attached hydrogens (tertiary/aromatic N) is 3. The highest BCUT2D eigenvalue weighted by Crippen LogP contribution is 2.18. The summed E-state index contributed by atoms with van der Waals surface area (Å²) >= 11 is 1.77. The van der Waals surface area contributed by atoms with E-state index in [2.05, 4.69) is 53.0 Å². The molecule has 1 heterocycles. The van der Waals surface area contributed by atoms with Gasteiger partial charge in [-0.1, -0.05) is 12.1 Å². The van der Waals surface area contributed by atoms with Crippen molar-refractivity contribution in [3.05, 3.63) is 42.0 Å². The van der Waals surface area contributed by atoms with E-state index >= 15 is 0 Å². The Bertz CT molecular complexity index is 506. The zero-order valence-corrected chi connectivity index (χ0v) is 12.4. The summed E-state index contributed by atoms with van der Waals surface area (Å²) in [4.78, 5) is 1.30. The second kappa shape index (κ2) is 6.73. The number of aromatic nitrogens is 3. The molecule has 2 aromatic rings. The van der Waals surface area contributed by atoms with E-state index in [-0.39, 0.29) is 0 Å². The first-order valence-electron chi connectivity index (χ1n) is 6.41. The summed E-state index contributed by atoms with van der Waals surface area (Å²) < 4.78 is 1.96. The predicted octanol–water partition coefficient (Wildman–Crippen LogP) is 2.43. The SMILES string of the molecule is CSc1ccc(C(C)NCCc2nncn2C)cc1.